The van der Waals surface area contributed by atoms with Gasteiger partial charge in [0.1, 0.15) is 11.6 Å². The van der Waals surface area contributed by atoms with E-state index in [1.54, 1.807) is 6.07 Å². The van der Waals surface area contributed by atoms with E-state index < -0.39 is 17.6 Å². The van der Waals surface area contributed by atoms with Gasteiger partial charge >= 0.3 is 5.97 Å². The van der Waals surface area contributed by atoms with Crippen LogP contribution in [0.4, 0.5) is 20.2 Å². The van der Waals surface area contributed by atoms with Crippen molar-refractivity contribution < 1.29 is 18.7 Å². The summed E-state index contributed by atoms with van der Waals surface area (Å²) in [5.41, 5.74) is 0.223. The molecule has 0 aliphatic carbocycles. The molecule has 2 aromatic carbocycles. The number of carbonyl (C=O) groups is 1. The van der Waals surface area contributed by atoms with Gasteiger partial charge in [0.25, 0.3) is 0 Å². The SMILES string of the molecule is CN(c1ccccc1F)c1ccc(F)cc1C(=O)O. The van der Waals surface area contributed by atoms with Crippen molar-refractivity contribution in [2.24, 2.45) is 0 Å². The van der Waals surface area contributed by atoms with Crippen LogP contribution in [0, 0.1) is 11.6 Å². The van der Waals surface area contributed by atoms with E-state index in [2.05, 4.69) is 0 Å². The van der Waals surface area contributed by atoms with Crippen molar-refractivity contribution in [1.29, 1.82) is 0 Å². The number of para-hydroxylation sites is 1. The fourth-order valence-corrected chi connectivity index (χ4v) is 1.83. The van der Waals surface area contributed by atoms with Crippen LogP contribution in [0.3, 0.4) is 0 Å². The van der Waals surface area contributed by atoms with Crippen LogP contribution in [-0.4, -0.2) is 18.1 Å². The van der Waals surface area contributed by atoms with Crippen molar-refractivity contribution in [3.8, 4) is 0 Å². The zero-order valence-corrected chi connectivity index (χ0v) is 10.1. The Morgan fingerprint density at radius 2 is 1.79 bits per heavy atom. The highest BCUT2D eigenvalue weighted by Crippen LogP contribution is 2.29. The molecule has 98 valence electrons. The van der Waals surface area contributed by atoms with E-state index in [0.29, 0.717) is 0 Å². The summed E-state index contributed by atoms with van der Waals surface area (Å²) in [7, 11) is 1.53. The predicted molar refractivity (Wildman–Crippen MR) is 67.8 cm³/mol. The third-order valence-corrected chi connectivity index (χ3v) is 2.76. The molecule has 0 aliphatic heterocycles. The lowest BCUT2D eigenvalue weighted by molar-refractivity contribution is 0.0697. The van der Waals surface area contributed by atoms with Gasteiger partial charge in [-0.15, -0.1) is 0 Å². The van der Waals surface area contributed by atoms with E-state index in [4.69, 9.17) is 5.11 Å². The second-order valence-electron chi connectivity index (χ2n) is 3.98. The lowest BCUT2D eigenvalue weighted by Gasteiger charge is -2.21. The number of benzene rings is 2. The maximum absolute atomic E-state index is 13.7. The lowest BCUT2D eigenvalue weighted by Crippen LogP contribution is -2.15. The monoisotopic (exact) mass is 263 g/mol. The number of aromatic carboxylic acids is 1. The van der Waals surface area contributed by atoms with E-state index in [1.807, 2.05) is 0 Å². The van der Waals surface area contributed by atoms with Crippen LogP contribution in [0.15, 0.2) is 42.5 Å². The van der Waals surface area contributed by atoms with Crippen LogP contribution in [0.2, 0.25) is 0 Å². The first-order chi connectivity index (χ1) is 9.00. The first kappa shape index (κ1) is 13.0. The molecular weight excluding hydrogens is 252 g/mol. The molecule has 0 radical (unpaired) electrons. The van der Waals surface area contributed by atoms with Crippen LogP contribution in [0.5, 0.6) is 0 Å². The van der Waals surface area contributed by atoms with Gasteiger partial charge in [0.2, 0.25) is 0 Å². The van der Waals surface area contributed by atoms with Crippen LogP contribution >= 0.6 is 0 Å². The van der Waals surface area contributed by atoms with Gasteiger partial charge in [-0.25, -0.2) is 13.6 Å². The molecule has 3 nitrogen and oxygen atoms in total. The van der Waals surface area contributed by atoms with Gasteiger partial charge in [-0.05, 0) is 30.3 Å². The van der Waals surface area contributed by atoms with Crippen molar-refractivity contribution in [1.82, 2.24) is 0 Å². The molecule has 19 heavy (non-hydrogen) atoms. The molecule has 0 bridgehead atoms. The van der Waals surface area contributed by atoms with Gasteiger partial charge in [0.05, 0.1) is 16.9 Å². The van der Waals surface area contributed by atoms with Gasteiger partial charge in [0, 0.05) is 7.05 Å². The number of halogens is 2. The maximum Gasteiger partial charge on any atom is 0.337 e. The Morgan fingerprint density at radius 3 is 2.42 bits per heavy atom. The first-order valence-electron chi connectivity index (χ1n) is 5.52. The molecule has 0 heterocycles. The molecular formula is C14H11F2NO2. The Kier molecular flexibility index (Phi) is 3.46. The van der Waals surface area contributed by atoms with E-state index in [1.165, 1.54) is 36.2 Å². The summed E-state index contributed by atoms with van der Waals surface area (Å²) in [4.78, 5) is 12.5. The van der Waals surface area contributed by atoms with Crippen molar-refractivity contribution in [2.45, 2.75) is 0 Å². The van der Waals surface area contributed by atoms with Gasteiger partial charge in [-0.2, -0.15) is 0 Å². The minimum absolute atomic E-state index is 0.217. The molecule has 0 unspecified atom stereocenters. The molecule has 5 heteroatoms. The largest absolute Gasteiger partial charge is 0.478 e. The summed E-state index contributed by atoms with van der Waals surface area (Å²) in [6.45, 7) is 0. The summed E-state index contributed by atoms with van der Waals surface area (Å²) in [5.74, 6) is -2.40. The Balaban J connectivity index is 2.53. The highest BCUT2D eigenvalue weighted by atomic mass is 19.1. The zero-order valence-electron chi connectivity index (χ0n) is 10.1. The second-order valence-corrected chi connectivity index (χ2v) is 3.98. The second kappa shape index (κ2) is 5.06. The van der Waals surface area contributed by atoms with Gasteiger partial charge < -0.3 is 10.0 Å². The van der Waals surface area contributed by atoms with Gasteiger partial charge in [0.15, 0.2) is 0 Å². The number of hydrogen-bond donors (Lipinski definition) is 1. The van der Waals surface area contributed by atoms with E-state index in [0.717, 1.165) is 12.1 Å². The fraction of sp³-hybridized carbons (Fsp3) is 0.0714. The van der Waals surface area contributed by atoms with E-state index in [9.17, 15) is 13.6 Å². The lowest BCUT2D eigenvalue weighted by atomic mass is 10.1. The van der Waals surface area contributed by atoms with Crippen molar-refractivity contribution in [2.75, 3.05) is 11.9 Å². The van der Waals surface area contributed by atoms with E-state index >= 15 is 0 Å². The molecule has 0 aliphatic rings. The molecule has 0 spiro atoms. The average molecular weight is 263 g/mol. The van der Waals surface area contributed by atoms with E-state index in [-0.39, 0.29) is 16.9 Å². The predicted octanol–water partition coefficient (Wildman–Crippen LogP) is 3.43. The molecule has 0 atom stereocenters. The van der Waals surface area contributed by atoms with Crippen molar-refractivity contribution in [3.05, 3.63) is 59.7 Å². The van der Waals surface area contributed by atoms with Crippen LogP contribution in [0.25, 0.3) is 0 Å². The summed E-state index contributed by atoms with van der Waals surface area (Å²) >= 11 is 0. The zero-order chi connectivity index (χ0) is 14.0. The molecule has 1 N–H and O–H groups in total. The Hall–Kier alpha value is -2.43. The minimum Gasteiger partial charge on any atom is -0.478 e. The van der Waals surface area contributed by atoms with Crippen molar-refractivity contribution in [3.63, 3.8) is 0 Å². The maximum atomic E-state index is 13.7. The Morgan fingerprint density at radius 1 is 1.11 bits per heavy atom. The third kappa shape index (κ3) is 2.54. The molecule has 0 saturated heterocycles. The number of carboxylic acid groups (broad SMARTS) is 1. The molecule has 0 fully saturated rings. The number of rotatable bonds is 3. The molecule has 2 rings (SSSR count). The van der Waals surface area contributed by atoms with Crippen molar-refractivity contribution >= 4 is 17.3 Å². The standard InChI is InChI=1S/C14H11F2NO2/c1-17(13-5-3-2-4-11(13)16)12-7-6-9(15)8-10(12)14(18)19/h2-8H,1H3,(H,18,19). The third-order valence-electron chi connectivity index (χ3n) is 2.76. The van der Waals surface area contributed by atoms with Gasteiger partial charge in [-0.1, -0.05) is 12.1 Å². The number of anilines is 2. The minimum atomic E-state index is -1.27. The van der Waals surface area contributed by atoms with Gasteiger partial charge in [-0.3, -0.25) is 0 Å². The number of hydrogen-bond acceptors (Lipinski definition) is 2. The van der Waals surface area contributed by atoms with Crippen LogP contribution < -0.4 is 4.90 Å². The topological polar surface area (TPSA) is 40.5 Å². The molecule has 0 saturated carbocycles. The van der Waals surface area contributed by atoms with Crippen LogP contribution in [0.1, 0.15) is 10.4 Å². The average Bonchev–Trinajstić information content (AvgIpc) is 2.38. The fourth-order valence-electron chi connectivity index (χ4n) is 1.83. The summed E-state index contributed by atoms with van der Waals surface area (Å²) in [6.07, 6.45) is 0. The first-order valence-corrected chi connectivity index (χ1v) is 5.52. The Bertz CT molecular complexity index is 629. The molecule has 0 aromatic heterocycles. The normalized spacial score (nSPS) is 10.3. The highest BCUT2D eigenvalue weighted by molar-refractivity contribution is 5.95. The number of nitrogens with zero attached hydrogens (tertiary/aromatic N) is 1. The number of carboxylic acids is 1. The quantitative estimate of drug-likeness (QED) is 0.922. The Labute approximate surface area is 108 Å². The summed E-state index contributed by atoms with van der Waals surface area (Å²) in [5, 5.41) is 9.07. The van der Waals surface area contributed by atoms with Crippen LogP contribution in [-0.2, 0) is 0 Å². The summed E-state index contributed by atoms with van der Waals surface area (Å²) < 4.78 is 26.8. The smallest absolute Gasteiger partial charge is 0.337 e. The molecule has 0 amide bonds. The molecule has 2 aromatic rings. The summed E-state index contributed by atoms with van der Waals surface area (Å²) in [6, 6.07) is 9.33. The highest BCUT2D eigenvalue weighted by Gasteiger charge is 2.17.